The van der Waals surface area contributed by atoms with E-state index >= 15 is 0 Å². The van der Waals surface area contributed by atoms with Gasteiger partial charge >= 0.3 is 0 Å². The van der Waals surface area contributed by atoms with Crippen molar-refractivity contribution in [1.29, 1.82) is 0 Å². The smallest absolute Gasteiger partial charge is 0.245 e. The molecule has 0 bridgehead atoms. The van der Waals surface area contributed by atoms with E-state index in [0.717, 1.165) is 29.9 Å². The van der Waals surface area contributed by atoms with Crippen LogP contribution in [0.4, 0.5) is 5.69 Å². The highest BCUT2D eigenvalue weighted by atomic mass is 32.2. The second kappa shape index (κ2) is 6.49. The highest BCUT2D eigenvalue weighted by Gasteiger charge is 2.37. The lowest BCUT2D eigenvalue weighted by atomic mass is 10.1. The van der Waals surface area contributed by atoms with E-state index in [0.29, 0.717) is 6.54 Å². The number of rotatable bonds is 4. The summed E-state index contributed by atoms with van der Waals surface area (Å²) in [6, 6.07) is 6.99. The Morgan fingerprint density at radius 1 is 1.29 bits per heavy atom. The molecule has 0 aliphatic carbocycles. The number of pyridine rings is 2. The summed E-state index contributed by atoms with van der Waals surface area (Å²) in [4.78, 5) is 10.8. The molecule has 0 N–H and O–H groups in total. The summed E-state index contributed by atoms with van der Waals surface area (Å²) < 4.78 is 27.5. The molecule has 0 aromatic carbocycles. The second-order valence-corrected chi connectivity index (χ2v) is 8.14. The van der Waals surface area contributed by atoms with Gasteiger partial charge in [-0.05, 0) is 44.0 Å². The van der Waals surface area contributed by atoms with Crippen LogP contribution in [0, 0.1) is 6.92 Å². The zero-order valence-electron chi connectivity index (χ0n) is 14.2. The van der Waals surface area contributed by atoms with Crippen LogP contribution in [0.15, 0.2) is 41.6 Å². The standard InChI is InChI=1S/C17H22N4O2S/c1-13-10-14(20(2)3)11-16(19-13)17-7-5-9-21(17)24(22,23)15-6-4-8-18-12-15/h4,6,8,10-12,17H,5,7,9H2,1-3H3/t17-/m0/s1. The van der Waals surface area contributed by atoms with Crippen LogP contribution < -0.4 is 4.90 Å². The van der Waals surface area contributed by atoms with Crippen LogP contribution in [0.1, 0.15) is 30.3 Å². The topological polar surface area (TPSA) is 66.4 Å². The van der Waals surface area contributed by atoms with Gasteiger partial charge in [-0.2, -0.15) is 4.31 Å². The predicted molar refractivity (Wildman–Crippen MR) is 93.4 cm³/mol. The zero-order valence-corrected chi connectivity index (χ0v) is 15.0. The van der Waals surface area contributed by atoms with Gasteiger partial charge in [0.05, 0.1) is 11.7 Å². The Kier molecular flexibility index (Phi) is 4.56. The molecule has 1 atom stereocenters. The molecule has 0 amide bonds. The van der Waals surface area contributed by atoms with E-state index in [1.165, 1.54) is 6.20 Å². The molecule has 2 aromatic rings. The summed E-state index contributed by atoms with van der Waals surface area (Å²) in [6.45, 7) is 2.44. The molecule has 7 heteroatoms. The molecule has 128 valence electrons. The first-order chi connectivity index (χ1) is 11.4. The molecule has 0 radical (unpaired) electrons. The van der Waals surface area contributed by atoms with E-state index in [1.54, 1.807) is 22.6 Å². The number of hydrogen-bond donors (Lipinski definition) is 0. The largest absolute Gasteiger partial charge is 0.378 e. The number of aromatic nitrogens is 2. The molecule has 24 heavy (non-hydrogen) atoms. The van der Waals surface area contributed by atoms with Crippen LogP contribution >= 0.6 is 0 Å². The van der Waals surface area contributed by atoms with Crippen LogP contribution in [0.25, 0.3) is 0 Å². The minimum absolute atomic E-state index is 0.228. The molecule has 3 rings (SSSR count). The summed E-state index contributed by atoms with van der Waals surface area (Å²) in [7, 11) is 0.374. The first-order valence-corrected chi connectivity index (χ1v) is 9.41. The average Bonchev–Trinajstić information content (AvgIpc) is 3.05. The molecular weight excluding hydrogens is 324 g/mol. The fourth-order valence-electron chi connectivity index (χ4n) is 3.06. The Bertz CT molecular complexity index is 822. The predicted octanol–water partition coefficient (Wildman–Crippen LogP) is 2.38. The molecule has 0 saturated carbocycles. The molecule has 1 saturated heterocycles. The third-order valence-electron chi connectivity index (χ3n) is 4.26. The van der Waals surface area contributed by atoms with Gasteiger partial charge in [0.1, 0.15) is 4.90 Å². The first kappa shape index (κ1) is 16.9. The Labute approximate surface area is 143 Å². The highest BCUT2D eigenvalue weighted by molar-refractivity contribution is 7.89. The van der Waals surface area contributed by atoms with E-state index in [1.807, 2.05) is 38.1 Å². The minimum atomic E-state index is -3.56. The zero-order chi connectivity index (χ0) is 17.3. The maximum Gasteiger partial charge on any atom is 0.245 e. The van der Waals surface area contributed by atoms with Gasteiger partial charge in [0.15, 0.2) is 0 Å². The Morgan fingerprint density at radius 3 is 2.75 bits per heavy atom. The summed E-state index contributed by atoms with van der Waals surface area (Å²) in [5.74, 6) is 0. The first-order valence-electron chi connectivity index (χ1n) is 7.97. The maximum absolute atomic E-state index is 13.0. The van der Waals surface area contributed by atoms with Gasteiger partial charge in [0.2, 0.25) is 10.0 Å². The molecule has 1 aliphatic heterocycles. The van der Waals surface area contributed by atoms with Gasteiger partial charge in [-0.25, -0.2) is 8.42 Å². The second-order valence-electron chi connectivity index (χ2n) is 6.25. The van der Waals surface area contributed by atoms with Gasteiger partial charge in [-0.1, -0.05) is 0 Å². The van der Waals surface area contributed by atoms with Crippen molar-refractivity contribution in [3.05, 3.63) is 48.0 Å². The molecule has 0 unspecified atom stereocenters. The quantitative estimate of drug-likeness (QED) is 0.850. The van der Waals surface area contributed by atoms with Crippen LogP contribution in [-0.4, -0.2) is 43.3 Å². The molecule has 6 nitrogen and oxygen atoms in total. The minimum Gasteiger partial charge on any atom is -0.378 e. The third kappa shape index (κ3) is 3.14. The van der Waals surface area contributed by atoms with E-state index in [-0.39, 0.29) is 10.9 Å². The van der Waals surface area contributed by atoms with Gasteiger partial charge in [0.25, 0.3) is 0 Å². The summed E-state index contributed by atoms with van der Waals surface area (Å²) in [6.07, 6.45) is 4.59. The van der Waals surface area contributed by atoms with Crippen molar-refractivity contribution in [2.24, 2.45) is 0 Å². The number of nitrogens with zero attached hydrogens (tertiary/aromatic N) is 4. The Balaban J connectivity index is 2.00. The fraction of sp³-hybridized carbons (Fsp3) is 0.412. The van der Waals surface area contributed by atoms with Crippen molar-refractivity contribution in [2.45, 2.75) is 30.7 Å². The van der Waals surface area contributed by atoms with Gasteiger partial charge in [-0.3, -0.25) is 9.97 Å². The van der Waals surface area contributed by atoms with Crippen molar-refractivity contribution in [3.8, 4) is 0 Å². The van der Waals surface area contributed by atoms with Crippen LogP contribution in [0.2, 0.25) is 0 Å². The highest BCUT2D eigenvalue weighted by Crippen LogP contribution is 2.36. The van der Waals surface area contributed by atoms with Crippen molar-refractivity contribution >= 4 is 15.7 Å². The molecule has 1 fully saturated rings. The van der Waals surface area contributed by atoms with Crippen LogP contribution in [-0.2, 0) is 10.0 Å². The number of anilines is 1. The van der Waals surface area contributed by atoms with E-state index in [9.17, 15) is 8.42 Å². The molecule has 3 heterocycles. The van der Waals surface area contributed by atoms with Crippen molar-refractivity contribution < 1.29 is 8.42 Å². The Morgan fingerprint density at radius 2 is 2.08 bits per heavy atom. The Hall–Kier alpha value is -1.99. The average molecular weight is 346 g/mol. The summed E-state index contributed by atoms with van der Waals surface area (Å²) in [5, 5.41) is 0. The van der Waals surface area contributed by atoms with E-state index in [2.05, 4.69) is 9.97 Å². The van der Waals surface area contributed by atoms with Crippen LogP contribution in [0.5, 0.6) is 0 Å². The van der Waals surface area contributed by atoms with Crippen molar-refractivity contribution in [3.63, 3.8) is 0 Å². The lowest BCUT2D eigenvalue weighted by Crippen LogP contribution is -2.31. The monoisotopic (exact) mass is 346 g/mol. The molecule has 1 aliphatic rings. The molecule has 2 aromatic heterocycles. The van der Waals surface area contributed by atoms with E-state index in [4.69, 9.17) is 0 Å². The molecular formula is C17H22N4O2S. The maximum atomic E-state index is 13.0. The summed E-state index contributed by atoms with van der Waals surface area (Å²) in [5.41, 5.74) is 2.73. The number of aryl methyl sites for hydroxylation is 1. The van der Waals surface area contributed by atoms with Gasteiger partial charge < -0.3 is 4.90 Å². The normalized spacial score (nSPS) is 18.7. The van der Waals surface area contributed by atoms with Gasteiger partial charge in [0, 0.05) is 44.4 Å². The lowest BCUT2D eigenvalue weighted by molar-refractivity contribution is 0.390. The fourth-order valence-corrected chi connectivity index (χ4v) is 4.70. The number of sulfonamides is 1. The van der Waals surface area contributed by atoms with Gasteiger partial charge in [-0.15, -0.1) is 0 Å². The SMILES string of the molecule is Cc1cc(N(C)C)cc([C@@H]2CCCN2S(=O)(=O)c2cccnc2)n1. The van der Waals surface area contributed by atoms with Crippen molar-refractivity contribution in [1.82, 2.24) is 14.3 Å². The summed E-state index contributed by atoms with van der Waals surface area (Å²) >= 11 is 0. The van der Waals surface area contributed by atoms with Crippen molar-refractivity contribution in [2.75, 3.05) is 25.5 Å². The number of hydrogen-bond acceptors (Lipinski definition) is 5. The van der Waals surface area contributed by atoms with Crippen LogP contribution in [0.3, 0.4) is 0 Å². The van der Waals surface area contributed by atoms with E-state index < -0.39 is 10.0 Å². The lowest BCUT2D eigenvalue weighted by Gasteiger charge is -2.25. The molecule has 0 spiro atoms. The third-order valence-corrected chi connectivity index (χ3v) is 6.15.